The molecule has 0 spiro atoms. The average Bonchev–Trinajstić information content (AvgIpc) is 2.90. The molecule has 0 radical (unpaired) electrons. The van der Waals surface area contributed by atoms with Crippen molar-refractivity contribution in [1.29, 1.82) is 0 Å². The molecule has 5 nitrogen and oxygen atoms in total. The minimum atomic E-state index is -2.82. The summed E-state index contributed by atoms with van der Waals surface area (Å²) in [5, 5.41) is 3.76. The van der Waals surface area contributed by atoms with E-state index in [-0.39, 0.29) is 11.9 Å². The van der Waals surface area contributed by atoms with Crippen LogP contribution >= 0.6 is 12.2 Å². The average molecular weight is 358 g/mol. The summed E-state index contributed by atoms with van der Waals surface area (Å²) in [6.07, 6.45) is 0.774. The molecule has 2 aliphatic heterocycles. The fraction of sp³-hybridized carbons (Fsp3) is 0.533. The van der Waals surface area contributed by atoms with Gasteiger partial charge in [0.05, 0.1) is 31.9 Å². The van der Waals surface area contributed by atoms with Gasteiger partial charge >= 0.3 is 0 Å². The van der Waals surface area contributed by atoms with Gasteiger partial charge < -0.3 is 15.1 Å². The summed E-state index contributed by atoms with van der Waals surface area (Å²) in [4.78, 5) is 3.46. The van der Waals surface area contributed by atoms with Gasteiger partial charge in [-0.1, -0.05) is 0 Å². The molecule has 2 fully saturated rings. The van der Waals surface area contributed by atoms with Crippen LogP contribution in [0.15, 0.2) is 24.3 Å². The van der Waals surface area contributed by atoms with Crippen molar-refractivity contribution >= 4 is 32.9 Å². The van der Waals surface area contributed by atoms with Gasteiger partial charge in [-0.3, -0.25) is 0 Å². The van der Waals surface area contributed by atoms with Crippen LogP contribution in [0.1, 0.15) is 6.42 Å². The fourth-order valence-electron chi connectivity index (χ4n) is 3.26. The standard InChI is InChI=1S/C15H20FN3O2S2/c16-12-1-3-13(4-2-12)17-15(22)19-8-6-18(7-9-19)14-5-10-23(20,21)11-14/h1-4,14H,5-11H2,(H,17,22)/p+1/t14-/m1/s1. The predicted molar refractivity (Wildman–Crippen MR) is 91.9 cm³/mol. The maximum Gasteiger partial charge on any atom is 0.173 e. The van der Waals surface area contributed by atoms with Crippen LogP contribution in [0.2, 0.25) is 0 Å². The number of quaternary nitrogens is 1. The first-order valence-corrected chi connectivity index (χ1v) is 10.0. The first-order chi connectivity index (χ1) is 10.9. The Hall–Kier alpha value is -1.25. The molecule has 3 rings (SSSR count). The largest absolute Gasteiger partial charge is 0.338 e. The number of benzene rings is 1. The molecule has 126 valence electrons. The second kappa shape index (κ2) is 6.70. The zero-order valence-corrected chi connectivity index (χ0v) is 14.4. The van der Waals surface area contributed by atoms with Gasteiger partial charge in [0.1, 0.15) is 17.6 Å². The van der Waals surface area contributed by atoms with Crippen molar-refractivity contribution in [2.24, 2.45) is 0 Å². The highest BCUT2D eigenvalue weighted by Gasteiger charge is 2.37. The van der Waals surface area contributed by atoms with E-state index in [1.807, 2.05) is 0 Å². The van der Waals surface area contributed by atoms with E-state index >= 15 is 0 Å². The number of hydrogen-bond donors (Lipinski definition) is 2. The number of nitrogens with zero attached hydrogens (tertiary/aromatic N) is 1. The molecular formula is C15H21FN3O2S2+. The number of hydrogen-bond acceptors (Lipinski definition) is 3. The molecule has 1 aromatic carbocycles. The Morgan fingerprint density at radius 1 is 1.26 bits per heavy atom. The summed E-state index contributed by atoms with van der Waals surface area (Å²) in [7, 11) is -2.82. The molecular weight excluding hydrogens is 337 g/mol. The lowest BCUT2D eigenvalue weighted by Crippen LogP contribution is -3.18. The number of halogens is 1. The van der Waals surface area contributed by atoms with Crippen LogP contribution < -0.4 is 10.2 Å². The highest BCUT2D eigenvalue weighted by Crippen LogP contribution is 2.11. The molecule has 1 atom stereocenters. The Labute approximate surface area is 141 Å². The van der Waals surface area contributed by atoms with Crippen molar-refractivity contribution < 1.29 is 17.7 Å². The van der Waals surface area contributed by atoms with Crippen molar-refractivity contribution in [3.63, 3.8) is 0 Å². The van der Waals surface area contributed by atoms with E-state index in [0.717, 1.165) is 38.3 Å². The Balaban J connectivity index is 1.50. The molecule has 0 unspecified atom stereocenters. The monoisotopic (exact) mass is 358 g/mol. The van der Waals surface area contributed by atoms with Crippen LogP contribution in [0.25, 0.3) is 0 Å². The van der Waals surface area contributed by atoms with Crippen LogP contribution in [0.4, 0.5) is 10.1 Å². The van der Waals surface area contributed by atoms with Crippen LogP contribution in [0, 0.1) is 5.82 Å². The fourth-order valence-corrected chi connectivity index (χ4v) is 5.38. The summed E-state index contributed by atoms with van der Waals surface area (Å²) < 4.78 is 36.1. The molecule has 0 amide bonds. The van der Waals surface area contributed by atoms with E-state index in [1.165, 1.54) is 17.0 Å². The van der Waals surface area contributed by atoms with Crippen molar-refractivity contribution in [2.45, 2.75) is 12.5 Å². The first kappa shape index (κ1) is 16.6. The summed E-state index contributed by atoms with van der Waals surface area (Å²) in [6.45, 7) is 3.40. The van der Waals surface area contributed by atoms with E-state index in [4.69, 9.17) is 12.2 Å². The minimum Gasteiger partial charge on any atom is -0.338 e. The number of sulfone groups is 1. The first-order valence-electron chi connectivity index (χ1n) is 7.79. The van der Waals surface area contributed by atoms with Crippen molar-refractivity contribution in [2.75, 3.05) is 43.0 Å². The number of thiocarbonyl (C=S) groups is 1. The second-order valence-corrected chi connectivity index (χ2v) is 8.80. The number of nitrogens with one attached hydrogen (secondary N) is 2. The van der Waals surface area contributed by atoms with Gasteiger partial charge in [-0.2, -0.15) is 0 Å². The van der Waals surface area contributed by atoms with Crippen molar-refractivity contribution in [3.8, 4) is 0 Å². The summed E-state index contributed by atoms with van der Waals surface area (Å²) in [6, 6.07) is 6.35. The maximum atomic E-state index is 12.9. The van der Waals surface area contributed by atoms with E-state index in [1.54, 1.807) is 12.1 Å². The van der Waals surface area contributed by atoms with Gasteiger partial charge in [-0.15, -0.1) is 0 Å². The topological polar surface area (TPSA) is 53.9 Å². The zero-order chi connectivity index (χ0) is 16.4. The lowest BCUT2D eigenvalue weighted by atomic mass is 10.2. The molecule has 0 aliphatic carbocycles. The van der Waals surface area contributed by atoms with E-state index < -0.39 is 9.84 Å². The molecule has 2 aliphatic rings. The molecule has 0 saturated carbocycles. The highest BCUT2D eigenvalue weighted by atomic mass is 32.2. The lowest BCUT2D eigenvalue weighted by molar-refractivity contribution is -0.925. The van der Waals surface area contributed by atoms with Gasteiger partial charge in [0, 0.05) is 12.1 Å². The number of anilines is 1. The van der Waals surface area contributed by atoms with Crippen molar-refractivity contribution in [1.82, 2.24) is 4.90 Å². The smallest absolute Gasteiger partial charge is 0.173 e. The van der Waals surface area contributed by atoms with Crippen LogP contribution in [0.3, 0.4) is 0 Å². The van der Waals surface area contributed by atoms with Crippen molar-refractivity contribution in [3.05, 3.63) is 30.1 Å². The third-order valence-corrected chi connectivity index (χ3v) is 6.73. The van der Waals surface area contributed by atoms with Gasteiger partial charge in [-0.25, -0.2) is 12.8 Å². The molecule has 2 heterocycles. The van der Waals surface area contributed by atoms with Gasteiger partial charge in [0.15, 0.2) is 14.9 Å². The molecule has 1 aromatic rings. The van der Waals surface area contributed by atoms with E-state index in [2.05, 4.69) is 10.2 Å². The third kappa shape index (κ3) is 4.19. The second-order valence-electron chi connectivity index (χ2n) is 6.18. The molecule has 2 N–H and O–H groups in total. The minimum absolute atomic E-state index is 0.237. The molecule has 23 heavy (non-hydrogen) atoms. The Bertz CT molecular complexity index is 670. The van der Waals surface area contributed by atoms with Gasteiger partial charge in [-0.05, 0) is 36.5 Å². The van der Waals surface area contributed by atoms with E-state index in [0.29, 0.717) is 16.6 Å². The SMILES string of the molecule is O=S1(=O)CC[C@@H]([NH+]2CCN(C(=S)Nc3ccc(F)cc3)CC2)C1. The molecule has 2 saturated heterocycles. The molecule has 0 aromatic heterocycles. The Kier molecular flexibility index (Phi) is 4.84. The van der Waals surface area contributed by atoms with Crippen LogP contribution in [-0.2, 0) is 9.84 Å². The Morgan fingerprint density at radius 3 is 2.48 bits per heavy atom. The third-order valence-electron chi connectivity index (χ3n) is 4.60. The highest BCUT2D eigenvalue weighted by molar-refractivity contribution is 7.91. The predicted octanol–water partition coefficient (Wildman–Crippen LogP) is -0.0899. The normalized spacial score (nSPS) is 24.6. The molecule has 0 bridgehead atoms. The summed E-state index contributed by atoms with van der Waals surface area (Å²) in [5.74, 6) is 0.376. The number of piperazine rings is 1. The number of rotatable bonds is 2. The molecule has 8 heteroatoms. The lowest BCUT2D eigenvalue weighted by Gasteiger charge is -2.36. The zero-order valence-electron chi connectivity index (χ0n) is 12.8. The Morgan fingerprint density at radius 2 is 1.91 bits per heavy atom. The maximum absolute atomic E-state index is 12.9. The quantitative estimate of drug-likeness (QED) is 0.724. The van der Waals surface area contributed by atoms with Crippen LogP contribution in [0.5, 0.6) is 0 Å². The summed E-state index contributed by atoms with van der Waals surface area (Å²) in [5.41, 5.74) is 0.771. The van der Waals surface area contributed by atoms with Gasteiger partial charge in [0.25, 0.3) is 0 Å². The summed E-state index contributed by atoms with van der Waals surface area (Å²) >= 11 is 5.41. The van der Waals surface area contributed by atoms with Crippen LogP contribution in [-0.4, -0.2) is 62.2 Å². The van der Waals surface area contributed by atoms with Gasteiger partial charge in [0.2, 0.25) is 0 Å². The van der Waals surface area contributed by atoms with E-state index in [9.17, 15) is 12.8 Å².